The molecule has 14 nitrogen and oxygen atoms in total. The SMILES string of the molecule is CCOC(=O)COc1c(Br)cc(/C=N\N[C@H](O)COc2ccc([C@@H]3NC(=O)NC(C)=C3C(=O)OC)cc2OCC)cc1OC. The number of hydrogen-bond acceptors (Lipinski definition) is 12. The summed E-state index contributed by atoms with van der Waals surface area (Å²) < 4.78 is 32.7. The summed E-state index contributed by atoms with van der Waals surface area (Å²) in [7, 11) is 2.72. The molecule has 1 aliphatic rings. The second-order valence-corrected chi connectivity index (χ2v) is 9.90. The summed E-state index contributed by atoms with van der Waals surface area (Å²) in [6.07, 6.45) is 0.256. The molecule has 2 amide bonds. The third-order valence-electron chi connectivity index (χ3n) is 6.00. The van der Waals surface area contributed by atoms with Gasteiger partial charge in [-0.2, -0.15) is 5.10 Å². The number of esters is 2. The van der Waals surface area contributed by atoms with Crippen LogP contribution in [-0.4, -0.2) is 76.2 Å². The molecular formula is C29H35BrN4O10. The highest BCUT2D eigenvalue weighted by Gasteiger charge is 2.32. The van der Waals surface area contributed by atoms with E-state index < -0.39 is 30.2 Å². The number of hydrogen-bond donors (Lipinski definition) is 4. The Balaban J connectivity index is 1.66. The van der Waals surface area contributed by atoms with Crippen molar-refractivity contribution in [2.45, 2.75) is 33.0 Å². The molecule has 0 unspecified atom stereocenters. The number of hydrazone groups is 1. The van der Waals surface area contributed by atoms with Crippen LogP contribution in [0.25, 0.3) is 0 Å². The van der Waals surface area contributed by atoms with Gasteiger partial charge in [-0.15, -0.1) is 0 Å². The fourth-order valence-electron chi connectivity index (χ4n) is 4.11. The second kappa shape index (κ2) is 16.4. The van der Waals surface area contributed by atoms with E-state index in [9.17, 15) is 19.5 Å². The molecule has 1 heterocycles. The van der Waals surface area contributed by atoms with Gasteiger partial charge in [0, 0.05) is 5.70 Å². The zero-order chi connectivity index (χ0) is 32.2. The van der Waals surface area contributed by atoms with Gasteiger partial charge in [0.25, 0.3) is 0 Å². The maximum Gasteiger partial charge on any atom is 0.344 e. The third-order valence-corrected chi connectivity index (χ3v) is 6.59. The lowest BCUT2D eigenvalue weighted by Gasteiger charge is -2.28. The van der Waals surface area contributed by atoms with Crippen LogP contribution in [0.15, 0.2) is 51.2 Å². The molecule has 0 aromatic heterocycles. The van der Waals surface area contributed by atoms with Crippen LogP contribution in [0.1, 0.15) is 37.9 Å². The van der Waals surface area contributed by atoms with Crippen LogP contribution in [-0.2, 0) is 19.1 Å². The van der Waals surface area contributed by atoms with E-state index in [2.05, 4.69) is 37.1 Å². The number of carbonyl (C=O) groups excluding carboxylic acids is 3. The number of amides is 2. The van der Waals surface area contributed by atoms with Crippen LogP contribution in [0.5, 0.6) is 23.0 Å². The largest absolute Gasteiger partial charge is 0.493 e. The van der Waals surface area contributed by atoms with Crippen molar-refractivity contribution >= 4 is 40.1 Å². The Kier molecular flexibility index (Phi) is 12.7. The molecule has 0 fully saturated rings. The van der Waals surface area contributed by atoms with Gasteiger partial charge in [0.2, 0.25) is 0 Å². The van der Waals surface area contributed by atoms with Crippen molar-refractivity contribution in [2.24, 2.45) is 5.10 Å². The Morgan fingerprint density at radius 2 is 1.86 bits per heavy atom. The summed E-state index contributed by atoms with van der Waals surface area (Å²) in [6, 6.07) is 7.04. The van der Waals surface area contributed by atoms with Gasteiger partial charge in [-0.1, -0.05) is 6.07 Å². The number of urea groups is 1. The summed E-state index contributed by atoms with van der Waals surface area (Å²) in [5.74, 6) is 0.259. The lowest BCUT2D eigenvalue weighted by atomic mass is 9.95. The average Bonchev–Trinajstić information content (AvgIpc) is 2.99. The molecule has 238 valence electrons. The molecule has 2 aromatic rings. The first-order valence-corrected chi connectivity index (χ1v) is 14.3. The topological polar surface area (TPSA) is 175 Å². The predicted molar refractivity (Wildman–Crippen MR) is 162 cm³/mol. The number of nitrogens with one attached hydrogen (secondary N) is 3. The van der Waals surface area contributed by atoms with E-state index in [1.165, 1.54) is 20.4 Å². The minimum absolute atomic E-state index is 0.194. The number of halogens is 1. The first kappa shape index (κ1) is 34.0. The zero-order valence-corrected chi connectivity index (χ0v) is 26.5. The Bertz CT molecular complexity index is 1410. The number of benzene rings is 2. The number of aliphatic hydroxyl groups excluding tert-OH is 1. The van der Waals surface area contributed by atoms with Crippen molar-refractivity contribution in [3.63, 3.8) is 0 Å². The molecule has 1 aliphatic heterocycles. The van der Waals surface area contributed by atoms with Crippen molar-refractivity contribution < 1.29 is 47.9 Å². The van der Waals surface area contributed by atoms with Gasteiger partial charge < -0.3 is 44.2 Å². The van der Waals surface area contributed by atoms with Crippen LogP contribution in [0.2, 0.25) is 0 Å². The standard InChI is InChI=1S/C29H35BrN4O10/c1-6-41-21-12-18(26-25(28(37)40-5)16(3)32-29(38)33-26)8-9-20(21)43-14-23(35)34-31-13-17-10-19(30)27(22(11-17)39-4)44-15-24(36)42-7-2/h8-13,23,26,34-35H,6-7,14-15H2,1-5H3,(H2,32,33,38)/b31-13-/t23-,26+/m1/s1. The van der Waals surface area contributed by atoms with Gasteiger partial charge >= 0.3 is 18.0 Å². The van der Waals surface area contributed by atoms with Crippen molar-refractivity contribution in [1.29, 1.82) is 0 Å². The number of rotatable bonds is 15. The highest BCUT2D eigenvalue weighted by Crippen LogP contribution is 2.37. The molecular weight excluding hydrogens is 644 g/mol. The number of carbonyl (C=O) groups is 3. The Labute approximate surface area is 262 Å². The van der Waals surface area contributed by atoms with Gasteiger partial charge in [0.05, 0.1) is 49.7 Å². The maximum atomic E-state index is 12.4. The van der Waals surface area contributed by atoms with Crippen LogP contribution < -0.4 is 35.0 Å². The van der Waals surface area contributed by atoms with Crippen molar-refractivity contribution in [2.75, 3.05) is 40.6 Å². The fourth-order valence-corrected chi connectivity index (χ4v) is 4.68. The Morgan fingerprint density at radius 3 is 2.55 bits per heavy atom. The van der Waals surface area contributed by atoms with E-state index in [1.54, 1.807) is 51.1 Å². The molecule has 0 saturated carbocycles. The minimum atomic E-state index is -1.20. The number of methoxy groups -OCH3 is 2. The van der Waals surface area contributed by atoms with Crippen LogP contribution in [0.3, 0.4) is 0 Å². The minimum Gasteiger partial charge on any atom is -0.493 e. The summed E-state index contributed by atoms with van der Waals surface area (Å²) in [4.78, 5) is 36.2. The monoisotopic (exact) mass is 678 g/mol. The lowest BCUT2D eigenvalue weighted by molar-refractivity contribution is -0.145. The lowest BCUT2D eigenvalue weighted by Crippen LogP contribution is -2.45. The van der Waals surface area contributed by atoms with Crippen molar-refractivity contribution in [3.8, 4) is 23.0 Å². The molecule has 2 aromatic carbocycles. The molecule has 2 atom stereocenters. The van der Waals surface area contributed by atoms with E-state index in [4.69, 9.17) is 28.4 Å². The number of nitrogens with zero attached hydrogens (tertiary/aromatic N) is 1. The van der Waals surface area contributed by atoms with Gasteiger partial charge in [-0.05, 0) is 72.1 Å². The van der Waals surface area contributed by atoms with E-state index >= 15 is 0 Å². The van der Waals surface area contributed by atoms with E-state index in [1.807, 2.05) is 0 Å². The maximum absolute atomic E-state index is 12.4. The van der Waals surface area contributed by atoms with Crippen LogP contribution in [0.4, 0.5) is 4.79 Å². The molecule has 4 N–H and O–H groups in total. The molecule has 0 bridgehead atoms. The molecule has 0 spiro atoms. The zero-order valence-electron chi connectivity index (χ0n) is 24.9. The normalized spacial score (nSPS) is 15.2. The van der Waals surface area contributed by atoms with E-state index in [0.717, 1.165) is 0 Å². The first-order chi connectivity index (χ1) is 21.1. The summed E-state index contributed by atoms with van der Waals surface area (Å²) >= 11 is 3.40. The van der Waals surface area contributed by atoms with Gasteiger partial charge in [-0.25, -0.2) is 14.4 Å². The van der Waals surface area contributed by atoms with Crippen molar-refractivity contribution in [3.05, 3.63) is 57.2 Å². The number of allylic oxidation sites excluding steroid dienone is 1. The molecule has 44 heavy (non-hydrogen) atoms. The Morgan fingerprint density at radius 1 is 1.09 bits per heavy atom. The molecule has 0 saturated heterocycles. The molecule has 0 radical (unpaired) electrons. The average molecular weight is 680 g/mol. The smallest absolute Gasteiger partial charge is 0.344 e. The van der Waals surface area contributed by atoms with Gasteiger partial charge in [-0.3, -0.25) is 5.43 Å². The Hall–Kier alpha value is -4.50. The van der Waals surface area contributed by atoms with Gasteiger partial charge in [0.1, 0.15) is 6.61 Å². The third kappa shape index (κ3) is 9.00. The first-order valence-electron chi connectivity index (χ1n) is 13.5. The second-order valence-electron chi connectivity index (χ2n) is 9.04. The number of ether oxygens (including phenoxy) is 6. The summed E-state index contributed by atoms with van der Waals surface area (Å²) in [5, 5.41) is 19.8. The van der Waals surface area contributed by atoms with E-state index in [-0.39, 0.29) is 25.4 Å². The predicted octanol–water partition coefficient (Wildman–Crippen LogP) is 2.92. The molecule has 3 rings (SSSR count). The quantitative estimate of drug-likeness (QED) is 0.0943. The summed E-state index contributed by atoms with van der Waals surface area (Å²) in [5.41, 5.74) is 4.38. The van der Waals surface area contributed by atoms with Crippen LogP contribution in [0, 0.1) is 0 Å². The van der Waals surface area contributed by atoms with Gasteiger partial charge in [0.15, 0.2) is 35.8 Å². The van der Waals surface area contributed by atoms with E-state index in [0.29, 0.717) is 50.9 Å². The molecule has 15 heteroatoms. The highest BCUT2D eigenvalue weighted by atomic mass is 79.9. The molecule has 0 aliphatic carbocycles. The summed E-state index contributed by atoms with van der Waals surface area (Å²) in [6.45, 7) is 5.20. The van der Waals surface area contributed by atoms with Crippen molar-refractivity contribution in [1.82, 2.24) is 16.1 Å². The highest BCUT2D eigenvalue weighted by molar-refractivity contribution is 9.10. The van der Waals surface area contributed by atoms with Crippen LogP contribution >= 0.6 is 15.9 Å². The number of aliphatic hydroxyl groups is 1. The fraction of sp³-hybridized carbons (Fsp3) is 0.379.